The van der Waals surface area contributed by atoms with Crippen molar-refractivity contribution >= 4 is 21.4 Å². The Bertz CT molecular complexity index is 1080. The smallest absolute Gasteiger partial charge is 0.225 e. The summed E-state index contributed by atoms with van der Waals surface area (Å²) in [5.41, 5.74) is 9.67. The van der Waals surface area contributed by atoms with Crippen LogP contribution in [0.1, 0.15) is 48.9 Å². The molecule has 2 aromatic rings. The summed E-state index contributed by atoms with van der Waals surface area (Å²) in [6, 6.07) is 7.89. The minimum absolute atomic E-state index is 0.0663. The van der Waals surface area contributed by atoms with Gasteiger partial charge in [-0.2, -0.15) is 0 Å². The number of hydrogen-bond acceptors (Lipinski definition) is 4. The van der Waals surface area contributed by atoms with Gasteiger partial charge in [-0.25, -0.2) is 12.8 Å². The van der Waals surface area contributed by atoms with Crippen LogP contribution in [0.4, 0.5) is 10.1 Å². The molecule has 1 heterocycles. The number of benzene rings is 2. The predicted octanol–water partition coefficient (Wildman–Crippen LogP) is 3.85. The van der Waals surface area contributed by atoms with Crippen molar-refractivity contribution in [2.24, 2.45) is 11.1 Å². The molecule has 0 radical (unpaired) electrons. The zero-order valence-corrected chi connectivity index (χ0v) is 18.9. The number of nitrogens with two attached hydrogens (primary N) is 1. The molecule has 1 aliphatic rings. The second-order valence-electron chi connectivity index (χ2n) is 9.19. The molecule has 7 heteroatoms. The summed E-state index contributed by atoms with van der Waals surface area (Å²) in [5.74, 6) is -1.44. The van der Waals surface area contributed by atoms with Gasteiger partial charge >= 0.3 is 0 Å². The normalized spacial score (nSPS) is 17.2. The van der Waals surface area contributed by atoms with E-state index in [1.807, 2.05) is 51.7 Å². The molecule has 30 heavy (non-hydrogen) atoms. The van der Waals surface area contributed by atoms with E-state index in [0.29, 0.717) is 18.7 Å². The lowest BCUT2D eigenvalue weighted by Gasteiger charge is -2.32. The number of fused-ring (bicyclic) bond motifs is 1. The number of sulfone groups is 1. The molecule has 0 bridgehead atoms. The average Bonchev–Trinajstić information content (AvgIpc) is 2.73. The summed E-state index contributed by atoms with van der Waals surface area (Å²) in [6.45, 7) is 10.5. The summed E-state index contributed by atoms with van der Waals surface area (Å²) in [5, 5.41) is 0. The van der Waals surface area contributed by atoms with E-state index in [0.717, 1.165) is 28.4 Å². The van der Waals surface area contributed by atoms with Crippen LogP contribution in [0.5, 0.6) is 0 Å². The van der Waals surface area contributed by atoms with E-state index in [9.17, 15) is 17.6 Å². The van der Waals surface area contributed by atoms with Crippen LogP contribution < -0.4 is 10.6 Å². The lowest BCUT2D eigenvalue weighted by atomic mass is 9.73. The highest BCUT2D eigenvalue weighted by Gasteiger charge is 2.34. The van der Waals surface area contributed by atoms with Crippen molar-refractivity contribution in [2.75, 3.05) is 17.2 Å². The highest BCUT2D eigenvalue weighted by molar-refractivity contribution is 7.91. The van der Waals surface area contributed by atoms with Gasteiger partial charge in [0.05, 0.1) is 16.6 Å². The maximum atomic E-state index is 13.7. The topological polar surface area (TPSA) is 80.5 Å². The number of amides is 1. The standard InChI is InChI=1S/C23H29FN2O3S/c1-14-10-18(11-15(2)20(14)21(22(25)27)23(3,4)5)26-8-9-30(28,29)19-12-17(24)7-6-16(19)13-26/h6-7,10-12,21H,8-9,13H2,1-5H3,(H2,25,27). The molecule has 162 valence electrons. The van der Waals surface area contributed by atoms with Gasteiger partial charge in [0, 0.05) is 18.8 Å². The van der Waals surface area contributed by atoms with E-state index in [2.05, 4.69) is 0 Å². The zero-order chi connectivity index (χ0) is 22.4. The van der Waals surface area contributed by atoms with Gasteiger partial charge in [0.1, 0.15) is 5.82 Å². The number of hydrogen-bond donors (Lipinski definition) is 1. The van der Waals surface area contributed by atoms with Crippen LogP contribution in [-0.4, -0.2) is 26.6 Å². The Morgan fingerprint density at radius 1 is 1.13 bits per heavy atom. The SMILES string of the molecule is Cc1cc(N2CCS(=O)(=O)c3cc(F)ccc3C2)cc(C)c1C(C(N)=O)C(C)(C)C. The van der Waals surface area contributed by atoms with Crippen molar-refractivity contribution in [1.29, 1.82) is 0 Å². The second kappa shape index (κ2) is 7.69. The van der Waals surface area contributed by atoms with Gasteiger partial charge in [0.25, 0.3) is 0 Å². The molecular weight excluding hydrogens is 403 g/mol. The van der Waals surface area contributed by atoms with Crippen LogP contribution in [0.3, 0.4) is 0 Å². The van der Waals surface area contributed by atoms with E-state index in [-0.39, 0.29) is 22.0 Å². The minimum Gasteiger partial charge on any atom is -0.369 e. The monoisotopic (exact) mass is 432 g/mol. The third-order valence-corrected chi connectivity index (χ3v) is 7.51. The number of carbonyl (C=O) groups excluding carboxylic acids is 1. The highest BCUT2D eigenvalue weighted by Crippen LogP contribution is 2.40. The fourth-order valence-corrected chi connectivity index (χ4v) is 5.89. The van der Waals surface area contributed by atoms with Gasteiger partial charge in [-0.15, -0.1) is 0 Å². The number of aryl methyl sites for hydroxylation is 2. The lowest BCUT2D eigenvalue weighted by molar-refractivity contribution is -0.121. The molecule has 0 fully saturated rings. The number of carbonyl (C=O) groups is 1. The first-order valence-electron chi connectivity index (χ1n) is 9.98. The third kappa shape index (κ3) is 4.21. The number of halogens is 1. The Kier molecular flexibility index (Phi) is 5.71. The molecular formula is C23H29FN2O3S. The van der Waals surface area contributed by atoms with Gasteiger partial charge in [0.2, 0.25) is 5.91 Å². The van der Waals surface area contributed by atoms with Gasteiger partial charge in [-0.1, -0.05) is 26.8 Å². The molecule has 0 saturated carbocycles. The van der Waals surface area contributed by atoms with Crippen LogP contribution in [0.2, 0.25) is 0 Å². The lowest BCUT2D eigenvalue weighted by Crippen LogP contribution is -2.33. The summed E-state index contributed by atoms with van der Waals surface area (Å²) >= 11 is 0. The third-order valence-electron chi connectivity index (χ3n) is 5.74. The Hall–Kier alpha value is -2.41. The van der Waals surface area contributed by atoms with Crippen LogP contribution in [0.25, 0.3) is 0 Å². The van der Waals surface area contributed by atoms with E-state index in [1.165, 1.54) is 12.1 Å². The second-order valence-corrected chi connectivity index (χ2v) is 11.3. The fourth-order valence-electron chi connectivity index (χ4n) is 4.39. The number of nitrogens with zero attached hydrogens (tertiary/aromatic N) is 1. The Morgan fingerprint density at radius 3 is 2.27 bits per heavy atom. The molecule has 0 aromatic heterocycles. The first-order valence-corrected chi connectivity index (χ1v) is 11.6. The molecule has 0 aliphatic carbocycles. The molecule has 3 rings (SSSR count). The summed E-state index contributed by atoms with van der Waals surface area (Å²) in [6.07, 6.45) is 0. The fraction of sp³-hybridized carbons (Fsp3) is 0.435. The molecule has 0 saturated heterocycles. The van der Waals surface area contributed by atoms with Gasteiger partial charge in [-0.05, 0) is 65.8 Å². The largest absolute Gasteiger partial charge is 0.369 e. The molecule has 0 spiro atoms. The zero-order valence-electron chi connectivity index (χ0n) is 18.1. The Balaban J connectivity index is 2.06. The average molecular weight is 433 g/mol. The van der Waals surface area contributed by atoms with Crippen molar-refractivity contribution < 1.29 is 17.6 Å². The van der Waals surface area contributed by atoms with Gasteiger partial charge < -0.3 is 10.6 Å². The minimum atomic E-state index is -3.56. The van der Waals surface area contributed by atoms with Crippen LogP contribution in [-0.2, 0) is 21.2 Å². The van der Waals surface area contributed by atoms with Gasteiger partial charge in [0.15, 0.2) is 9.84 Å². The number of rotatable bonds is 3. The summed E-state index contributed by atoms with van der Waals surface area (Å²) in [4.78, 5) is 14.3. The number of primary amides is 1. The van der Waals surface area contributed by atoms with Crippen molar-refractivity contribution in [1.82, 2.24) is 0 Å². The first-order chi connectivity index (χ1) is 13.8. The quantitative estimate of drug-likeness (QED) is 0.799. The van der Waals surface area contributed by atoms with Crippen LogP contribution in [0.15, 0.2) is 35.2 Å². The maximum Gasteiger partial charge on any atom is 0.225 e. The molecule has 1 unspecified atom stereocenters. The molecule has 2 aromatic carbocycles. The van der Waals surface area contributed by atoms with Crippen LogP contribution in [0, 0.1) is 25.1 Å². The molecule has 5 nitrogen and oxygen atoms in total. The van der Waals surface area contributed by atoms with Gasteiger partial charge in [-0.3, -0.25) is 4.79 Å². The Labute approximate surface area is 178 Å². The van der Waals surface area contributed by atoms with E-state index in [1.54, 1.807) is 0 Å². The molecule has 1 atom stereocenters. The van der Waals surface area contributed by atoms with E-state index >= 15 is 0 Å². The summed E-state index contributed by atoms with van der Waals surface area (Å²) in [7, 11) is -3.56. The van der Waals surface area contributed by atoms with Crippen molar-refractivity contribution in [3.05, 3.63) is 58.4 Å². The first kappa shape index (κ1) is 22.3. The summed E-state index contributed by atoms with van der Waals surface area (Å²) < 4.78 is 38.9. The highest BCUT2D eigenvalue weighted by atomic mass is 32.2. The maximum absolute atomic E-state index is 13.7. The van der Waals surface area contributed by atoms with Crippen molar-refractivity contribution in [3.8, 4) is 0 Å². The molecule has 2 N–H and O–H groups in total. The predicted molar refractivity (Wildman–Crippen MR) is 117 cm³/mol. The molecule has 1 amide bonds. The van der Waals surface area contributed by atoms with Crippen molar-refractivity contribution in [2.45, 2.75) is 52.0 Å². The van der Waals surface area contributed by atoms with Crippen LogP contribution >= 0.6 is 0 Å². The van der Waals surface area contributed by atoms with E-state index in [4.69, 9.17) is 5.73 Å². The molecule has 1 aliphatic heterocycles. The van der Waals surface area contributed by atoms with Crippen molar-refractivity contribution in [3.63, 3.8) is 0 Å². The number of anilines is 1. The Morgan fingerprint density at radius 2 is 1.73 bits per heavy atom. The van der Waals surface area contributed by atoms with E-state index < -0.39 is 21.6 Å².